The average Bonchev–Trinajstić information content (AvgIpc) is 2.56. The summed E-state index contributed by atoms with van der Waals surface area (Å²) in [5.74, 6) is 0.374. The minimum absolute atomic E-state index is 0.374. The van der Waals surface area contributed by atoms with Gasteiger partial charge in [0.15, 0.2) is 5.65 Å². The fourth-order valence-electron chi connectivity index (χ4n) is 1.63. The third kappa shape index (κ3) is 1.60. The van der Waals surface area contributed by atoms with Crippen LogP contribution in [0.15, 0.2) is 6.20 Å². The van der Waals surface area contributed by atoms with Gasteiger partial charge in [0.25, 0.3) is 0 Å². The van der Waals surface area contributed by atoms with Crippen LogP contribution in [-0.4, -0.2) is 14.8 Å². The molecule has 2 aromatic rings. The van der Waals surface area contributed by atoms with Crippen molar-refractivity contribution in [1.29, 1.82) is 0 Å². The molecule has 0 bridgehead atoms. The first-order valence-electron chi connectivity index (χ1n) is 4.75. The van der Waals surface area contributed by atoms with E-state index in [2.05, 4.69) is 10.1 Å². The van der Waals surface area contributed by atoms with Gasteiger partial charge in [0.2, 0.25) is 0 Å². The molecule has 80 valence electrons. The molecule has 0 aliphatic rings. The number of fused-ring (bicyclic) bond motifs is 1. The van der Waals surface area contributed by atoms with Crippen LogP contribution >= 0.6 is 23.2 Å². The van der Waals surface area contributed by atoms with Crippen LogP contribution < -0.4 is 0 Å². The molecule has 0 radical (unpaired) electrons. The number of halogens is 2. The zero-order valence-corrected chi connectivity index (χ0v) is 10.1. The quantitative estimate of drug-likeness (QED) is 0.759. The van der Waals surface area contributed by atoms with Gasteiger partial charge in [0, 0.05) is 18.3 Å². The molecule has 0 N–H and O–H groups in total. The Morgan fingerprint density at radius 2 is 2.20 bits per heavy atom. The van der Waals surface area contributed by atoms with E-state index >= 15 is 0 Å². The topological polar surface area (TPSA) is 30.7 Å². The lowest BCUT2D eigenvalue weighted by atomic mass is 10.2. The molecule has 0 spiro atoms. The van der Waals surface area contributed by atoms with E-state index in [9.17, 15) is 0 Å². The van der Waals surface area contributed by atoms with Gasteiger partial charge in [-0.1, -0.05) is 11.6 Å². The lowest BCUT2D eigenvalue weighted by Gasteiger charge is -2.01. The predicted molar refractivity (Wildman–Crippen MR) is 62.5 cm³/mol. The van der Waals surface area contributed by atoms with Gasteiger partial charge in [0.05, 0.1) is 22.0 Å². The summed E-state index contributed by atoms with van der Waals surface area (Å²) in [7, 11) is 0. The Kier molecular flexibility index (Phi) is 2.85. The van der Waals surface area contributed by atoms with Crippen molar-refractivity contribution in [3.63, 3.8) is 0 Å². The van der Waals surface area contributed by atoms with Crippen LogP contribution in [0.2, 0.25) is 5.02 Å². The molecule has 0 atom stereocenters. The minimum Gasteiger partial charge on any atom is -0.247 e. The normalized spacial score (nSPS) is 11.2. The van der Waals surface area contributed by atoms with Gasteiger partial charge in [-0.15, -0.1) is 11.6 Å². The highest BCUT2D eigenvalue weighted by molar-refractivity contribution is 6.36. The van der Waals surface area contributed by atoms with Gasteiger partial charge < -0.3 is 0 Å². The summed E-state index contributed by atoms with van der Waals surface area (Å²) in [5.41, 5.74) is 2.58. The Bertz CT molecular complexity index is 505. The van der Waals surface area contributed by atoms with E-state index in [4.69, 9.17) is 23.2 Å². The van der Waals surface area contributed by atoms with Crippen molar-refractivity contribution < 1.29 is 0 Å². The Morgan fingerprint density at radius 1 is 1.47 bits per heavy atom. The Labute approximate surface area is 98.0 Å². The fourth-order valence-corrected chi connectivity index (χ4v) is 2.24. The first-order chi connectivity index (χ1) is 7.19. The van der Waals surface area contributed by atoms with E-state index in [-0.39, 0.29) is 0 Å². The molecule has 0 aliphatic carbocycles. The summed E-state index contributed by atoms with van der Waals surface area (Å²) in [6.07, 6.45) is 1.71. The molecule has 2 heterocycles. The summed E-state index contributed by atoms with van der Waals surface area (Å²) in [4.78, 5) is 4.34. The summed E-state index contributed by atoms with van der Waals surface area (Å²) < 4.78 is 1.84. The van der Waals surface area contributed by atoms with Gasteiger partial charge in [-0.05, 0) is 13.8 Å². The lowest BCUT2D eigenvalue weighted by molar-refractivity contribution is 0.669. The third-order valence-corrected chi connectivity index (χ3v) is 3.11. The first kappa shape index (κ1) is 10.7. The van der Waals surface area contributed by atoms with Crippen LogP contribution in [0.4, 0.5) is 0 Å². The first-order valence-corrected chi connectivity index (χ1v) is 5.66. The van der Waals surface area contributed by atoms with Crippen molar-refractivity contribution in [3.8, 4) is 0 Å². The number of pyridine rings is 1. The molecule has 0 saturated carbocycles. The highest BCUT2D eigenvalue weighted by Crippen LogP contribution is 2.29. The van der Waals surface area contributed by atoms with Crippen LogP contribution in [0.25, 0.3) is 11.0 Å². The summed E-state index contributed by atoms with van der Waals surface area (Å²) >= 11 is 12.0. The molecule has 5 heteroatoms. The van der Waals surface area contributed by atoms with Crippen molar-refractivity contribution in [2.75, 3.05) is 0 Å². The average molecular weight is 244 g/mol. The number of rotatable bonds is 2. The zero-order valence-electron chi connectivity index (χ0n) is 8.59. The molecular formula is C10H11Cl2N3. The van der Waals surface area contributed by atoms with Crippen LogP contribution in [0, 0.1) is 6.92 Å². The molecule has 15 heavy (non-hydrogen) atoms. The van der Waals surface area contributed by atoms with Crippen molar-refractivity contribution in [2.24, 2.45) is 0 Å². The second kappa shape index (κ2) is 3.99. The Morgan fingerprint density at radius 3 is 2.80 bits per heavy atom. The summed E-state index contributed by atoms with van der Waals surface area (Å²) in [6.45, 7) is 4.74. The van der Waals surface area contributed by atoms with Crippen molar-refractivity contribution >= 4 is 34.2 Å². The summed E-state index contributed by atoms with van der Waals surface area (Å²) in [6, 6.07) is 0. The number of aryl methyl sites for hydroxylation is 2. The van der Waals surface area contributed by atoms with Crippen molar-refractivity contribution in [1.82, 2.24) is 14.8 Å². The Hall–Kier alpha value is -0.800. The maximum absolute atomic E-state index is 6.24. The molecule has 0 amide bonds. The van der Waals surface area contributed by atoms with Gasteiger partial charge >= 0.3 is 0 Å². The van der Waals surface area contributed by atoms with Gasteiger partial charge in [0.1, 0.15) is 0 Å². The van der Waals surface area contributed by atoms with Gasteiger partial charge in [-0.2, -0.15) is 5.10 Å². The van der Waals surface area contributed by atoms with Crippen molar-refractivity contribution in [3.05, 3.63) is 22.5 Å². The number of aromatic nitrogens is 3. The van der Waals surface area contributed by atoms with Crippen LogP contribution in [0.5, 0.6) is 0 Å². The van der Waals surface area contributed by atoms with Crippen LogP contribution in [0.3, 0.4) is 0 Å². The van der Waals surface area contributed by atoms with Gasteiger partial charge in [-0.25, -0.2) is 9.67 Å². The molecule has 0 aromatic carbocycles. The van der Waals surface area contributed by atoms with E-state index in [0.717, 1.165) is 28.8 Å². The highest BCUT2D eigenvalue weighted by Gasteiger charge is 2.13. The van der Waals surface area contributed by atoms with E-state index in [1.165, 1.54) is 0 Å². The monoisotopic (exact) mass is 243 g/mol. The standard InChI is InChI=1S/C10H11Cl2N3/c1-3-15-10-8(6(2)14-15)9(12)7(4-11)5-13-10/h5H,3-4H2,1-2H3. The molecule has 2 rings (SSSR count). The molecule has 0 saturated heterocycles. The fraction of sp³-hybridized carbons (Fsp3) is 0.400. The second-order valence-electron chi connectivity index (χ2n) is 3.33. The molecule has 3 nitrogen and oxygen atoms in total. The second-order valence-corrected chi connectivity index (χ2v) is 3.98. The number of nitrogens with zero attached hydrogens (tertiary/aromatic N) is 3. The van der Waals surface area contributed by atoms with E-state index in [0.29, 0.717) is 10.9 Å². The third-order valence-electron chi connectivity index (χ3n) is 2.39. The maximum Gasteiger partial charge on any atom is 0.159 e. The maximum atomic E-state index is 6.24. The van der Waals surface area contributed by atoms with Crippen LogP contribution in [-0.2, 0) is 12.4 Å². The highest BCUT2D eigenvalue weighted by atomic mass is 35.5. The summed E-state index contributed by atoms with van der Waals surface area (Å²) in [5, 5.41) is 5.96. The molecule has 2 aromatic heterocycles. The van der Waals surface area contributed by atoms with E-state index < -0.39 is 0 Å². The molecule has 0 aliphatic heterocycles. The number of alkyl halides is 1. The molecule has 0 fully saturated rings. The molecular weight excluding hydrogens is 233 g/mol. The lowest BCUT2D eigenvalue weighted by Crippen LogP contribution is -1.97. The van der Waals surface area contributed by atoms with E-state index in [1.807, 2.05) is 18.5 Å². The minimum atomic E-state index is 0.374. The zero-order chi connectivity index (χ0) is 11.0. The number of hydrogen-bond acceptors (Lipinski definition) is 2. The molecule has 0 unspecified atom stereocenters. The number of hydrogen-bond donors (Lipinski definition) is 0. The van der Waals surface area contributed by atoms with E-state index in [1.54, 1.807) is 6.20 Å². The SMILES string of the molecule is CCn1nc(C)c2c(Cl)c(CCl)cnc21. The largest absolute Gasteiger partial charge is 0.247 e. The van der Waals surface area contributed by atoms with Crippen molar-refractivity contribution in [2.45, 2.75) is 26.3 Å². The predicted octanol–water partition coefficient (Wildman–Crippen LogP) is 3.15. The smallest absolute Gasteiger partial charge is 0.159 e. The van der Waals surface area contributed by atoms with Gasteiger partial charge in [-0.3, -0.25) is 0 Å². The Balaban J connectivity index is 2.81. The van der Waals surface area contributed by atoms with Crippen LogP contribution in [0.1, 0.15) is 18.2 Å².